The Morgan fingerprint density at radius 2 is 2.14 bits per heavy atom. The van der Waals surface area contributed by atoms with Crippen molar-refractivity contribution >= 4 is 35.3 Å². The molecular weight excluding hydrogens is 328 g/mol. The molecule has 0 radical (unpaired) electrons. The zero-order valence-corrected chi connectivity index (χ0v) is 12.9. The molecule has 1 N–H and O–H groups in total. The van der Waals surface area contributed by atoms with Gasteiger partial charge in [-0.15, -0.1) is 10.2 Å². The Hall–Kier alpha value is -2.06. The van der Waals surface area contributed by atoms with Crippen LogP contribution in [0.25, 0.3) is 11.5 Å². The summed E-state index contributed by atoms with van der Waals surface area (Å²) in [5, 5.41) is 11.3. The van der Waals surface area contributed by atoms with Crippen molar-refractivity contribution in [3.63, 3.8) is 0 Å². The van der Waals surface area contributed by atoms with Crippen LogP contribution in [0.1, 0.15) is 0 Å². The molecule has 114 valence electrons. The summed E-state index contributed by atoms with van der Waals surface area (Å²) in [6.45, 7) is 0.870. The van der Waals surface area contributed by atoms with Crippen molar-refractivity contribution in [3.05, 3.63) is 29.3 Å². The summed E-state index contributed by atoms with van der Waals surface area (Å²) in [6, 6.07) is 6.62. The van der Waals surface area contributed by atoms with Gasteiger partial charge in [-0.3, -0.25) is 9.69 Å². The zero-order chi connectivity index (χ0) is 15.5. The second-order valence-corrected chi connectivity index (χ2v) is 5.81. The number of urea groups is 1. The minimum Gasteiger partial charge on any atom is -0.411 e. The van der Waals surface area contributed by atoms with E-state index in [0.29, 0.717) is 24.0 Å². The number of rotatable bonds is 4. The third-order valence-corrected chi connectivity index (χ3v) is 4.03. The summed E-state index contributed by atoms with van der Waals surface area (Å²) in [5.74, 6) is 0.132. The van der Waals surface area contributed by atoms with Crippen LogP contribution < -0.4 is 5.32 Å². The van der Waals surface area contributed by atoms with Gasteiger partial charge in [0, 0.05) is 23.7 Å². The van der Waals surface area contributed by atoms with Crippen LogP contribution >= 0.6 is 23.4 Å². The molecule has 1 aromatic carbocycles. The van der Waals surface area contributed by atoms with E-state index in [1.54, 1.807) is 24.3 Å². The maximum Gasteiger partial charge on any atom is 0.324 e. The molecule has 0 saturated carbocycles. The van der Waals surface area contributed by atoms with E-state index >= 15 is 0 Å². The number of aromatic nitrogens is 2. The van der Waals surface area contributed by atoms with Gasteiger partial charge in [-0.05, 0) is 24.3 Å². The summed E-state index contributed by atoms with van der Waals surface area (Å²) >= 11 is 6.92. The van der Waals surface area contributed by atoms with Crippen molar-refractivity contribution in [1.29, 1.82) is 0 Å². The zero-order valence-electron chi connectivity index (χ0n) is 11.3. The summed E-state index contributed by atoms with van der Waals surface area (Å²) in [5.41, 5.74) is 0.744. The van der Waals surface area contributed by atoms with Gasteiger partial charge in [-0.2, -0.15) is 0 Å². The summed E-state index contributed by atoms with van der Waals surface area (Å²) in [6.07, 6.45) is 0. The third-order valence-electron chi connectivity index (χ3n) is 2.97. The molecule has 1 saturated heterocycles. The van der Waals surface area contributed by atoms with Crippen molar-refractivity contribution in [3.8, 4) is 11.5 Å². The molecular formula is C13H11ClN4O3S. The molecule has 1 aliphatic heterocycles. The van der Waals surface area contributed by atoms with E-state index in [9.17, 15) is 9.59 Å². The van der Waals surface area contributed by atoms with Crippen LogP contribution in [0.15, 0.2) is 33.9 Å². The molecule has 9 heteroatoms. The Morgan fingerprint density at radius 3 is 2.82 bits per heavy atom. The van der Waals surface area contributed by atoms with Crippen molar-refractivity contribution < 1.29 is 14.0 Å². The first-order valence-electron chi connectivity index (χ1n) is 6.44. The van der Waals surface area contributed by atoms with Gasteiger partial charge in [0.1, 0.15) is 0 Å². The van der Waals surface area contributed by atoms with E-state index in [0.717, 1.165) is 17.3 Å². The van der Waals surface area contributed by atoms with Gasteiger partial charge >= 0.3 is 6.03 Å². The number of nitrogens with one attached hydrogen (secondary N) is 1. The molecule has 0 spiro atoms. The summed E-state index contributed by atoms with van der Waals surface area (Å²) < 4.78 is 5.48. The molecule has 1 aromatic heterocycles. The fourth-order valence-electron chi connectivity index (χ4n) is 1.89. The Balaban J connectivity index is 1.61. The SMILES string of the molecule is O=C(CSc1nnc(-c2ccc(Cl)cc2)o1)N1CCNC1=O. The minimum absolute atomic E-state index is 0.0651. The van der Waals surface area contributed by atoms with Gasteiger partial charge in [0.15, 0.2) is 0 Å². The van der Waals surface area contributed by atoms with Crippen LogP contribution in [0.4, 0.5) is 4.79 Å². The van der Waals surface area contributed by atoms with E-state index in [1.165, 1.54) is 4.90 Å². The molecule has 2 heterocycles. The topological polar surface area (TPSA) is 88.3 Å². The van der Waals surface area contributed by atoms with Gasteiger partial charge in [-0.25, -0.2) is 4.79 Å². The highest BCUT2D eigenvalue weighted by molar-refractivity contribution is 7.99. The lowest BCUT2D eigenvalue weighted by Gasteiger charge is -2.10. The molecule has 0 aliphatic carbocycles. The Labute approximate surface area is 135 Å². The maximum atomic E-state index is 11.9. The number of halogens is 1. The van der Waals surface area contributed by atoms with Crippen molar-refractivity contribution in [1.82, 2.24) is 20.4 Å². The standard InChI is InChI=1S/C13H11ClN4O3S/c14-9-3-1-8(2-4-9)11-16-17-13(21-11)22-7-10(19)18-6-5-15-12(18)20/h1-4H,5-7H2,(H,15,20). The first-order valence-corrected chi connectivity index (χ1v) is 7.80. The maximum absolute atomic E-state index is 11.9. The molecule has 3 rings (SSSR count). The number of nitrogens with zero attached hydrogens (tertiary/aromatic N) is 3. The summed E-state index contributed by atoms with van der Waals surface area (Å²) in [7, 11) is 0. The fraction of sp³-hybridized carbons (Fsp3) is 0.231. The lowest BCUT2D eigenvalue weighted by atomic mass is 10.2. The molecule has 2 aromatic rings. The van der Waals surface area contributed by atoms with Crippen LogP contribution in [0, 0.1) is 0 Å². The van der Waals surface area contributed by atoms with Gasteiger partial charge in [0.25, 0.3) is 5.22 Å². The van der Waals surface area contributed by atoms with Gasteiger partial charge < -0.3 is 9.73 Å². The Kier molecular flexibility index (Phi) is 4.30. The second kappa shape index (κ2) is 6.37. The van der Waals surface area contributed by atoms with E-state index in [-0.39, 0.29) is 22.9 Å². The summed E-state index contributed by atoms with van der Waals surface area (Å²) in [4.78, 5) is 24.4. The highest BCUT2D eigenvalue weighted by Crippen LogP contribution is 2.24. The first-order chi connectivity index (χ1) is 10.6. The number of amides is 3. The molecule has 0 bridgehead atoms. The molecule has 0 atom stereocenters. The highest BCUT2D eigenvalue weighted by atomic mass is 35.5. The fourth-order valence-corrected chi connectivity index (χ4v) is 2.65. The number of carbonyl (C=O) groups is 2. The molecule has 1 fully saturated rings. The number of benzene rings is 1. The smallest absolute Gasteiger partial charge is 0.324 e. The average Bonchev–Trinajstić information content (AvgIpc) is 3.14. The second-order valence-electron chi connectivity index (χ2n) is 4.45. The molecule has 7 nitrogen and oxygen atoms in total. The number of thioether (sulfide) groups is 1. The predicted octanol–water partition coefficient (Wildman–Crippen LogP) is 2.03. The number of carbonyl (C=O) groups excluding carboxylic acids is 2. The minimum atomic E-state index is -0.363. The monoisotopic (exact) mass is 338 g/mol. The predicted molar refractivity (Wildman–Crippen MR) is 80.6 cm³/mol. The lowest BCUT2D eigenvalue weighted by molar-refractivity contribution is -0.124. The third kappa shape index (κ3) is 3.23. The molecule has 1 aliphatic rings. The molecule has 22 heavy (non-hydrogen) atoms. The number of hydrogen-bond acceptors (Lipinski definition) is 6. The lowest BCUT2D eigenvalue weighted by Crippen LogP contribution is -2.35. The van der Waals surface area contributed by atoms with Crippen LogP contribution in [0.3, 0.4) is 0 Å². The van der Waals surface area contributed by atoms with Crippen LogP contribution in [0.2, 0.25) is 5.02 Å². The number of hydrogen-bond donors (Lipinski definition) is 1. The van der Waals surface area contributed by atoms with Crippen LogP contribution in [-0.4, -0.2) is 45.9 Å². The molecule has 0 unspecified atom stereocenters. The highest BCUT2D eigenvalue weighted by Gasteiger charge is 2.26. The molecule has 3 amide bonds. The quantitative estimate of drug-likeness (QED) is 0.858. The van der Waals surface area contributed by atoms with Crippen LogP contribution in [-0.2, 0) is 4.79 Å². The van der Waals surface area contributed by atoms with Crippen molar-refractivity contribution in [2.45, 2.75) is 5.22 Å². The van der Waals surface area contributed by atoms with E-state index in [4.69, 9.17) is 16.0 Å². The van der Waals surface area contributed by atoms with Gasteiger partial charge in [0.05, 0.1) is 5.75 Å². The number of imide groups is 1. The van der Waals surface area contributed by atoms with E-state index < -0.39 is 0 Å². The van der Waals surface area contributed by atoms with Gasteiger partial charge in [0.2, 0.25) is 11.8 Å². The largest absolute Gasteiger partial charge is 0.411 e. The first kappa shape index (κ1) is 14.9. The van der Waals surface area contributed by atoms with Gasteiger partial charge in [-0.1, -0.05) is 23.4 Å². The van der Waals surface area contributed by atoms with Crippen molar-refractivity contribution in [2.75, 3.05) is 18.8 Å². The van der Waals surface area contributed by atoms with E-state index in [2.05, 4.69) is 15.5 Å². The Morgan fingerprint density at radius 1 is 1.36 bits per heavy atom. The average molecular weight is 339 g/mol. The Bertz CT molecular complexity index is 704. The van der Waals surface area contributed by atoms with Crippen molar-refractivity contribution in [2.24, 2.45) is 0 Å². The normalized spacial score (nSPS) is 14.2. The van der Waals surface area contributed by atoms with E-state index in [1.807, 2.05) is 0 Å². The van der Waals surface area contributed by atoms with Crippen LogP contribution in [0.5, 0.6) is 0 Å².